The molecule has 1 N–H and O–H groups in total. The molecular formula is C13H23N3. The summed E-state index contributed by atoms with van der Waals surface area (Å²) in [5, 5.41) is 3.19. The number of aromatic nitrogens is 2. The summed E-state index contributed by atoms with van der Waals surface area (Å²) >= 11 is 0. The van der Waals surface area contributed by atoms with Gasteiger partial charge in [0.2, 0.25) is 0 Å². The van der Waals surface area contributed by atoms with Gasteiger partial charge in [-0.15, -0.1) is 0 Å². The lowest BCUT2D eigenvalue weighted by Gasteiger charge is -2.21. The molecule has 0 aromatic carbocycles. The predicted molar refractivity (Wildman–Crippen MR) is 66.2 cm³/mol. The molecule has 0 spiro atoms. The van der Waals surface area contributed by atoms with Crippen LogP contribution in [-0.4, -0.2) is 16.6 Å². The lowest BCUT2D eigenvalue weighted by Crippen LogP contribution is -2.14. The average molecular weight is 221 g/mol. The highest BCUT2D eigenvalue weighted by atomic mass is 15.1. The molecule has 90 valence electrons. The number of nitrogens with zero attached hydrogens (tertiary/aromatic N) is 2. The third kappa shape index (κ3) is 3.08. The van der Waals surface area contributed by atoms with Crippen molar-refractivity contribution in [1.82, 2.24) is 14.9 Å². The normalized spacial score (nSPS) is 17.8. The number of hydrogen-bond donors (Lipinski definition) is 1. The molecule has 0 bridgehead atoms. The van der Waals surface area contributed by atoms with Gasteiger partial charge in [-0.25, -0.2) is 4.98 Å². The first kappa shape index (κ1) is 11.6. The Balaban J connectivity index is 1.81. The molecule has 1 heterocycles. The highest BCUT2D eigenvalue weighted by molar-refractivity contribution is 4.97. The Morgan fingerprint density at radius 2 is 2.19 bits per heavy atom. The summed E-state index contributed by atoms with van der Waals surface area (Å²) in [6.45, 7) is 2.06. The van der Waals surface area contributed by atoms with E-state index in [9.17, 15) is 0 Å². The van der Waals surface area contributed by atoms with Crippen molar-refractivity contribution in [3.8, 4) is 0 Å². The van der Waals surface area contributed by atoms with Gasteiger partial charge < -0.3 is 9.88 Å². The van der Waals surface area contributed by atoms with Crippen molar-refractivity contribution in [1.29, 1.82) is 0 Å². The van der Waals surface area contributed by atoms with Gasteiger partial charge in [0, 0.05) is 19.3 Å². The quantitative estimate of drug-likeness (QED) is 0.828. The van der Waals surface area contributed by atoms with Crippen LogP contribution in [0.4, 0.5) is 0 Å². The van der Waals surface area contributed by atoms with Crippen molar-refractivity contribution in [2.24, 2.45) is 5.92 Å². The Hall–Kier alpha value is -0.830. The van der Waals surface area contributed by atoms with E-state index in [1.165, 1.54) is 44.2 Å². The fourth-order valence-electron chi connectivity index (χ4n) is 2.68. The largest absolute Gasteiger partial charge is 0.333 e. The summed E-state index contributed by atoms with van der Waals surface area (Å²) in [5.74, 6) is 0.957. The third-order valence-electron chi connectivity index (χ3n) is 3.66. The number of rotatable bonds is 5. The van der Waals surface area contributed by atoms with E-state index in [4.69, 9.17) is 0 Å². The second-order valence-electron chi connectivity index (χ2n) is 4.90. The van der Waals surface area contributed by atoms with Crippen molar-refractivity contribution in [3.05, 3.63) is 18.2 Å². The van der Waals surface area contributed by atoms with E-state index < -0.39 is 0 Å². The summed E-state index contributed by atoms with van der Waals surface area (Å²) in [7, 11) is 1.98. The smallest absolute Gasteiger partial charge is 0.0948 e. The van der Waals surface area contributed by atoms with Crippen LogP contribution in [0.3, 0.4) is 0 Å². The summed E-state index contributed by atoms with van der Waals surface area (Å²) in [4.78, 5) is 4.23. The van der Waals surface area contributed by atoms with Crippen LogP contribution in [0.2, 0.25) is 0 Å². The van der Waals surface area contributed by atoms with Crippen LogP contribution in [0, 0.1) is 5.92 Å². The van der Waals surface area contributed by atoms with Crippen molar-refractivity contribution < 1.29 is 0 Å². The highest BCUT2D eigenvalue weighted by Gasteiger charge is 2.13. The number of hydrogen-bond acceptors (Lipinski definition) is 2. The molecule has 0 amide bonds. The second-order valence-corrected chi connectivity index (χ2v) is 4.90. The molecule has 0 atom stereocenters. The first-order valence-electron chi connectivity index (χ1n) is 6.53. The summed E-state index contributed by atoms with van der Waals surface area (Å²) in [6, 6.07) is 0. The molecule has 1 aromatic heterocycles. The van der Waals surface area contributed by atoms with Crippen LogP contribution in [-0.2, 0) is 13.1 Å². The van der Waals surface area contributed by atoms with Gasteiger partial charge in [-0.2, -0.15) is 0 Å². The monoisotopic (exact) mass is 221 g/mol. The van der Waals surface area contributed by atoms with Crippen LogP contribution >= 0.6 is 0 Å². The first-order chi connectivity index (χ1) is 7.90. The van der Waals surface area contributed by atoms with Gasteiger partial charge in [-0.3, -0.25) is 0 Å². The topological polar surface area (TPSA) is 29.9 Å². The molecule has 3 nitrogen and oxygen atoms in total. The molecule has 1 saturated carbocycles. The molecular weight excluding hydrogens is 198 g/mol. The van der Waals surface area contributed by atoms with Gasteiger partial charge >= 0.3 is 0 Å². The zero-order valence-electron chi connectivity index (χ0n) is 10.3. The standard InChI is InChI=1S/C13H23N3/c1-14-9-13-10-15-11-16(13)8-7-12-5-3-2-4-6-12/h10-12,14H,2-9H2,1H3. The minimum Gasteiger partial charge on any atom is -0.333 e. The lowest BCUT2D eigenvalue weighted by molar-refractivity contribution is 0.322. The molecule has 1 aliphatic carbocycles. The number of aryl methyl sites for hydroxylation is 1. The zero-order valence-corrected chi connectivity index (χ0v) is 10.3. The van der Waals surface area contributed by atoms with E-state index >= 15 is 0 Å². The second kappa shape index (κ2) is 6.04. The molecule has 0 saturated heterocycles. The van der Waals surface area contributed by atoms with Gasteiger partial charge in [0.1, 0.15) is 0 Å². The molecule has 0 unspecified atom stereocenters. The summed E-state index contributed by atoms with van der Waals surface area (Å²) in [6.07, 6.45) is 12.5. The Bertz CT molecular complexity index is 300. The Morgan fingerprint density at radius 3 is 2.94 bits per heavy atom. The Kier molecular flexibility index (Phi) is 4.40. The van der Waals surface area contributed by atoms with Crippen LogP contribution < -0.4 is 5.32 Å². The molecule has 2 rings (SSSR count). The van der Waals surface area contributed by atoms with Crippen molar-refractivity contribution >= 4 is 0 Å². The molecule has 1 fully saturated rings. The Labute approximate surface area is 98.3 Å². The predicted octanol–water partition coefficient (Wildman–Crippen LogP) is 2.57. The van der Waals surface area contributed by atoms with Crippen LogP contribution in [0.1, 0.15) is 44.2 Å². The average Bonchev–Trinajstić information content (AvgIpc) is 2.76. The third-order valence-corrected chi connectivity index (χ3v) is 3.66. The molecule has 0 radical (unpaired) electrons. The van der Waals surface area contributed by atoms with E-state index in [0.717, 1.165) is 19.0 Å². The van der Waals surface area contributed by atoms with Crippen LogP contribution in [0.5, 0.6) is 0 Å². The van der Waals surface area contributed by atoms with E-state index in [-0.39, 0.29) is 0 Å². The van der Waals surface area contributed by atoms with Crippen molar-refractivity contribution in [2.45, 2.75) is 51.6 Å². The number of imidazole rings is 1. The van der Waals surface area contributed by atoms with Crippen LogP contribution in [0.25, 0.3) is 0 Å². The van der Waals surface area contributed by atoms with Gasteiger partial charge in [0.05, 0.1) is 12.0 Å². The highest BCUT2D eigenvalue weighted by Crippen LogP contribution is 2.26. The minimum atomic E-state index is 0.921. The number of nitrogens with one attached hydrogen (secondary N) is 1. The van der Waals surface area contributed by atoms with Gasteiger partial charge in [0.15, 0.2) is 0 Å². The SMILES string of the molecule is CNCc1cncn1CCC1CCCCC1. The van der Waals surface area contributed by atoms with E-state index in [1.54, 1.807) is 0 Å². The summed E-state index contributed by atoms with van der Waals surface area (Å²) < 4.78 is 2.30. The maximum absolute atomic E-state index is 4.23. The van der Waals surface area contributed by atoms with E-state index in [2.05, 4.69) is 14.9 Å². The molecule has 3 heteroatoms. The van der Waals surface area contributed by atoms with E-state index in [0.29, 0.717) is 0 Å². The van der Waals surface area contributed by atoms with Gasteiger partial charge in [0.25, 0.3) is 0 Å². The molecule has 1 aromatic rings. The van der Waals surface area contributed by atoms with Gasteiger partial charge in [-0.1, -0.05) is 32.1 Å². The zero-order chi connectivity index (χ0) is 11.2. The summed E-state index contributed by atoms with van der Waals surface area (Å²) in [5.41, 5.74) is 1.30. The molecule has 16 heavy (non-hydrogen) atoms. The fraction of sp³-hybridized carbons (Fsp3) is 0.769. The van der Waals surface area contributed by atoms with Crippen molar-refractivity contribution in [2.75, 3.05) is 7.05 Å². The van der Waals surface area contributed by atoms with Crippen molar-refractivity contribution in [3.63, 3.8) is 0 Å². The molecule has 0 aliphatic heterocycles. The van der Waals surface area contributed by atoms with E-state index in [1.807, 2.05) is 19.6 Å². The lowest BCUT2D eigenvalue weighted by atomic mass is 9.87. The fourth-order valence-corrected chi connectivity index (χ4v) is 2.68. The first-order valence-corrected chi connectivity index (χ1v) is 6.53. The maximum Gasteiger partial charge on any atom is 0.0948 e. The Morgan fingerprint density at radius 1 is 1.38 bits per heavy atom. The van der Waals surface area contributed by atoms with Gasteiger partial charge in [-0.05, 0) is 19.4 Å². The van der Waals surface area contributed by atoms with Crippen LogP contribution in [0.15, 0.2) is 12.5 Å². The minimum absolute atomic E-state index is 0.921. The molecule has 1 aliphatic rings. The maximum atomic E-state index is 4.23.